The van der Waals surface area contributed by atoms with E-state index >= 15 is 0 Å². The van der Waals surface area contributed by atoms with Crippen LogP contribution >= 0.6 is 11.8 Å². The van der Waals surface area contributed by atoms with Crippen LogP contribution in [0.2, 0.25) is 0 Å². The van der Waals surface area contributed by atoms with Gasteiger partial charge in [0, 0.05) is 25.7 Å². The minimum atomic E-state index is 0.815. The van der Waals surface area contributed by atoms with E-state index in [9.17, 15) is 0 Å². The molecule has 1 fully saturated rings. The normalized spacial score (nSPS) is 15.5. The SMILES string of the molecule is CCCNc1cc(NCCN2CCCC2)nc(SC)n1. The van der Waals surface area contributed by atoms with Crippen molar-refractivity contribution in [2.24, 2.45) is 0 Å². The lowest BCUT2D eigenvalue weighted by molar-refractivity contribution is 0.352. The largest absolute Gasteiger partial charge is 0.370 e. The predicted octanol–water partition coefficient (Wildman–Crippen LogP) is 2.53. The van der Waals surface area contributed by atoms with Crippen molar-refractivity contribution in [3.8, 4) is 0 Å². The molecule has 6 heteroatoms. The highest BCUT2D eigenvalue weighted by Crippen LogP contribution is 2.17. The number of hydrogen-bond donors (Lipinski definition) is 2. The Morgan fingerprint density at radius 2 is 1.80 bits per heavy atom. The maximum Gasteiger partial charge on any atom is 0.191 e. The van der Waals surface area contributed by atoms with Gasteiger partial charge in [0.1, 0.15) is 11.6 Å². The number of nitrogens with one attached hydrogen (secondary N) is 2. The van der Waals surface area contributed by atoms with Crippen molar-refractivity contribution in [2.75, 3.05) is 49.6 Å². The number of likely N-dealkylation sites (tertiary alicyclic amines) is 1. The zero-order valence-electron chi connectivity index (χ0n) is 12.5. The Morgan fingerprint density at radius 3 is 2.40 bits per heavy atom. The summed E-state index contributed by atoms with van der Waals surface area (Å²) in [6.45, 7) is 7.61. The van der Waals surface area contributed by atoms with Crippen LogP contribution in [0.1, 0.15) is 26.2 Å². The first-order valence-electron chi connectivity index (χ1n) is 7.45. The van der Waals surface area contributed by atoms with Gasteiger partial charge in [-0.3, -0.25) is 0 Å². The van der Waals surface area contributed by atoms with Crippen LogP contribution in [-0.4, -0.2) is 53.8 Å². The molecule has 2 N–H and O–H groups in total. The second-order valence-electron chi connectivity index (χ2n) is 5.03. The highest BCUT2D eigenvalue weighted by atomic mass is 32.2. The van der Waals surface area contributed by atoms with Gasteiger partial charge < -0.3 is 15.5 Å². The van der Waals surface area contributed by atoms with Gasteiger partial charge in [-0.2, -0.15) is 0 Å². The van der Waals surface area contributed by atoms with Crippen molar-refractivity contribution < 1.29 is 0 Å². The summed E-state index contributed by atoms with van der Waals surface area (Å²) in [4.78, 5) is 11.5. The fourth-order valence-electron chi connectivity index (χ4n) is 2.30. The van der Waals surface area contributed by atoms with Crippen LogP contribution in [0.5, 0.6) is 0 Å². The van der Waals surface area contributed by atoms with Crippen molar-refractivity contribution in [1.29, 1.82) is 0 Å². The fourth-order valence-corrected chi connectivity index (χ4v) is 2.68. The van der Waals surface area contributed by atoms with Gasteiger partial charge in [0.15, 0.2) is 5.16 Å². The second-order valence-corrected chi connectivity index (χ2v) is 5.80. The van der Waals surface area contributed by atoms with Crippen molar-refractivity contribution in [2.45, 2.75) is 31.3 Å². The number of hydrogen-bond acceptors (Lipinski definition) is 6. The Balaban J connectivity index is 1.87. The summed E-state index contributed by atoms with van der Waals surface area (Å²) in [5, 5.41) is 7.56. The second kappa shape index (κ2) is 8.32. The summed E-state index contributed by atoms with van der Waals surface area (Å²) < 4.78 is 0. The van der Waals surface area contributed by atoms with Gasteiger partial charge in [-0.15, -0.1) is 0 Å². The molecule has 0 spiro atoms. The van der Waals surface area contributed by atoms with E-state index in [0.29, 0.717) is 0 Å². The number of nitrogens with zero attached hydrogens (tertiary/aromatic N) is 3. The molecule has 0 saturated carbocycles. The molecule has 0 unspecified atom stereocenters. The molecular formula is C14H25N5S. The van der Waals surface area contributed by atoms with Crippen LogP contribution in [0.25, 0.3) is 0 Å². The molecule has 1 aromatic heterocycles. The van der Waals surface area contributed by atoms with Crippen LogP contribution < -0.4 is 10.6 Å². The molecule has 0 bridgehead atoms. The molecule has 20 heavy (non-hydrogen) atoms. The van der Waals surface area contributed by atoms with Crippen LogP contribution in [0, 0.1) is 0 Å². The predicted molar refractivity (Wildman–Crippen MR) is 86.8 cm³/mol. The molecule has 0 aliphatic carbocycles. The number of anilines is 2. The lowest BCUT2D eigenvalue weighted by Crippen LogP contribution is -2.26. The average molecular weight is 295 g/mol. The van der Waals surface area contributed by atoms with E-state index in [2.05, 4.69) is 32.4 Å². The zero-order valence-corrected chi connectivity index (χ0v) is 13.3. The van der Waals surface area contributed by atoms with Gasteiger partial charge in [0.2, 0.25) is 0 Å². The van der Waals surface area contributed by atoms with E-state index in [1.807, 2.05) is 12.3 Å². The summed E-state index contributed by atoms with van der Waals surface area (Å²) >= 11 is 1.58. The van der Waals surface area contributed by atoms with Gasteiger partial charge in [0.25, 0.3) is 0 Å². The maximum atomic E-state index is 4.51. The summed E-state index contributed by atoms with van der Waals surface area (Å²) in [7, 11) is 0. The summed E-state index contributed by atoms with van der Waals surface area (Å²) in [6.07, 6.45) is 5.79. The molecule has 112 valence electrons. The van der Waals surface area contributed by atoms with Gasteiger partial charge >= 0.3 is 0 Å². The Morgan fingerprint density at radius 1 is 1.15 bits per heavy atom. The van der Waals surface area contributed by atoms with Gasteiger partial charge in [-0.25, -0.2) is 9.97 Å². The van der Waals surface area contributed by atoms with Gasteiger partial charge in [-0.05, 0) is 38.6 Å². The lowest BCUT2D eigenvalue weighted by Gasteiger charge is -2.15. The average Bonchev–Trinajstić information content (AvgIpc) is 2.98. The quantitative estimate of drug-likeness (QED) is 0.568. The van der Waals surface area contributed by atoms with Crippen LogP contribution in [0.4, 0.5) is 11.6 Å². The monoisotopic (exact) mass is 295 g/mol. The first kappa shape index (κ1) is 15.4. The van der Waals surface area contributed by atoms with Crippen molar-refractivity contribution >= 4 is 23.4 Å². The summed E-state index contributed by atoms with van der Waals surface area (Å²) in [5.74, 6) is 1.83. The molecule has 1 aliphatic heterocycles. The Kier molecular flexibility index (Phi) is 6.39. The maximum absolute atomic E-state index is 4.51. The lowest BCUT2D eigenvalue weighted by atomic mass is 10.4. The van der Waals surface area contributed by atoms with Gasteiger partial charge in [-0.1, -0.05) is 18.7 Å². The first-order valence-corrected chi connectivity index (χ1v) is 8.67. The zero-order chi connectivity index (χ0) is 14.2. The van der Waals surface area contributed by atoms with Crippen molar-refractivity contribution in [1.82, 2.24) is 14.9 Å². The first-order chi connectivity index (χ1) is 9.81. The molecule has 1 aromatic rings. The van der Waals surface area contributed by atoms with Crippen LogP contribution in [0.15, 0.2) is 11.2 Å². The molecule has 0 amide bonds. The highest BCUT2D eigenvalue weighted by Gasteiger charge is 2.10. The fraction of sp³-hybridized carbons (Fsp3) is 0.714. The topological polar surface area (TPSA) is 53.1 Å². The Bertz CT molecular complexity index is 407. The molecule has 2 heterocycles. The Labute approximate surface area is 125 Å². The van der Waals surface area contributed by atoms with E-state index in [-0.39, 0.29) is 0 Å². The molecule has 2 rings (SSSR count). The molecule has 0 atom stereocenters. The van der Waals surface area contributed by atoms with Crippen LogP contribution in [-0.2, 0) is 0 Å². The molecule has 5 nitrogen and oxygen atoms in total. The highest BCUT2D eigenvalue weighted by molar-refractivity contribution is 7.98. The van der Waals surface area contributed by atoms with E-state index in [0.717, 1.165) is 42.8 Å². The Hall–Kier alpha value is -1.01. The number of rotatable bonds is 8. The van der Waals surface area contributed by atoms with E-state index in [1.165, 1.54) is 25.9 Å². The smallest absolute Gasteiger partial charge is 0.191 e. The number of thioether (sulfide) groups is 1. The van der Waals surface area contributed by atoms with Crippen molar-refractivity contribution in [3.63, 3.8) is 0 Å². The molecular weight excluding hydrogens is 270 g/mol. The molecule has 0 aromatic carbocycles. The van der Waals surface area contributed by atoms with Crippen LogP contribution in [0.3, 0.4) is 0 Å². The number of aromatic nitrogens is 2. The van der Waals surface area contributed by atoms with E-state index in [1.54, 1.807) is 11.8 Å². The third-order valence-electron chi connectivity index (χ3n) is 3.38. The molecule has 0 radical (unpaired) electrons. The standard InChI is InChI=1S/C14H25N5S/c1-3-6-15-12-11-13(18-14(17-12)20-2)16-7-10-19-8-4-5-9-19/h11H,3-10H2,1-2H3,(H2,15,16,17,18). The summed E-state index contributed by atoms with van der Waals surface area (Å²) in [5.41, 5.74) is 0. The third-order valence-corrected chi connectivity index (χ3v) is 3.92. The van der Waals surface area contributed by atoms with E-state index in [4.69, 9.17) is 0 Å². The molecule has 1 saturated heterocycles. The van der Waals surface area contributed by atoms with E-state index < -0.39 is 0 Å². The third kappa shape index (κ3) is 4.83. The minimum Gasteiger partial charge on any atom is -0.370 e. The minimum absolute atomic E-state index is 0.815. The van der Waals surface area contributed by atoms with Gasteiger partial charge in [0.05, 0.1) is 0 Å². The molecule has 1 aliphatic rings. The summed E-state index contributed by atoms with van der Waals surface area (Å²) in [6, 6.07) is 2.00. The van der Waals surface area contributed by atoms with Crippen molar-refractivity contribution in [3.05, 3.63) is 6.07 Å².